The number of halogens is 3. The number of aryl methyl sites for hydroxylation is 1. The van der Waals surface area contributed by atoms with Gasteiger partial charge in [-0.15, -0.1) is 0 Å². The molecule has 29 heavy (non-hydrogen) atoms. The molecular weight excluding hydrogens is 399 g/mol. The molecule has 0 aliphatic carbocycles. The zero-order valence-electron chi connectivity index (χ0n) is 16.1. The van der Waals surface area contributed by atoms with Crippen LogP contribution in [0.4, 0.5) is 13.2 Å². The Morgan fingerprint density at radius 2 is 1.86 bits per heavy atom. The third kappa shape index (κ3) is 5.07. The highest BCUT2D eigenvalue weighted by molar-refractivity contribution is 5.93. The third-order valence-corrected chi connectivity index (χ3v) is 4.71. The zero-order chi connectivity index (χ0) is 22.0. The van der Waals surface area contributed by atoms with Crippen LogP contribution in [0, 0.1) is 6.92 Å². The van der Waals surface area contributed by atoms with Gasteiger partial charge < -0.3 is 24.5 Å². The first-order chi connectivity index (χ1) is 13.4. The fourth-order valence-corrected chi connectivity index (χ4v) is 3.16. The second kappa shape index (κ2) is 8.41. The Hall–Kier alpha value is -2.60. The fourth-order valence-electron chi connectivity index (χ4n) is 3.16. The molecule has 1 spiro atoms. The van der Waals surface area contributed by atoms with E-state index in [1.54, 1.807) is 18.0 Å². The van der Waals surface area contributed by atoms with Gasteiger partial charge in [-0.3, -0.25) is 14.5 Å². The molecule has 3 rings (SSSR count). The van der Waals surface area contributed by atoms with Crippen LogP contribution in [-0.2, 0) is 14.3 Å². The molecular formula is C17H22F3N3O6. The number of hydrogen-bond acceptors (Lipinski definition) is 6. The normalized spacial score (nSPS) is 21.0. The molecule has 0 saturated carbocycles. The van der Waals surface area contributed by atoms with E-state index in [-0.39, 0.29) is 23.5 Å². The van der Waals surface area contributed by atoms with Crippen LogP contribution >= 0.6 is 0 Å². The smallest absolute Gasteiger partial charge is 0.475 e. The first kappa shape index (κ1) is 22.7. The Morgan fingerprint density at radius 3 is 2.28 bits per heavy atom. The predicted octanol–water partition coefficient (Wildman–Crippen LogP) is 0.493. The van der Waals surface area contributed by atoms with E-state index in [2.05, 4.69) is 5.32 Å². The SMILES string of the molecule is CNC(=O)C1COC2(CN(C(=O)c3occc3C)C2)CN1C.O=C(O)C(F)(F)F. The van der Waals surface area contributed by atoms with Gasteiger partial charge in [0.2, 0.25) is 5.91 Å². The van der Waals surface area contributed by atoms with Gasteiger partial charge in [0.05, 0.1) is 26.0 Å². The van der Waals surface area contributed by atoms with Gasteiger partial charge in [0.1, 0.15) is 11.6 Å². The third-order valence-electron chi connectivity index (χ3n) is 4.71. The van der Waals surface area contributed by atoms with Crippen molar-refractivity contribution in [3.63, 3.8) is 0 Å². The number of likely N-dealkylation sites (N-methyl/N-ethyl adjacent to an activating group) is 2. The van der Waals surface area contributed by atoms with Crippen LogP contribution in [0.3, 0.4) is 0 Å². The van der Waals surface area contributed by atoms with Crippen molar-refractivity contribution in [3.8, 4) is 0 Å². The summed E-state index contributed by atoms with van der Waals surface area (Å²) in [6.45, 7) is 3.88. The number of carboxylic acid groups (broad SMARTS) is 1. The lowest BCUT2D eigenvalue weighted by atomic mass is 9.90. The number of alkyl halides is 3. The molecule has 3 heterocycles. The van der Waals surface area contributed by atoms with Crippen LogP contribution in [0.5, 0.6) is 0 Å². The minimum absolute atomic E-state index is 0.0455. The molecule has 9 nitrogen and oxygen atoms in total. The van der Waals surface area contributed by atoms with Gasteiger partial charge in [-0.05, 0) is 20.0 Å². The van der Waals surface area contributed by atoms with Gasteiger partial charge in [0.25, 0.3) is 5.91 Å². The number of likely N-dealkylation sites (tertiary alicyclic amines) is 1. The molecule has 2 amide bonds. The second-order valence-electron chi connectivity index (χ2n) is 6.94. The Labute approximate surface area is 164 Å². The number of nitrogens with zero attached hydrogens (tertiary/aromatic N) is 2. The summed E-state index contributed by atoms with van der Waals surface area (Å²) >= 11 is 0. The maximum Gasteiger partial charge on any atom is 0.490 e. The Bertz CT molecular complexity index is 773. The van der Waals surface area contributed by atoms with Crippen molar-refractivity contribution in [1.82, 2.24) is 15.1 Å². The molecule has 2 aliphatic rings. The first-order valence-corrected chi connectivity index (χ1v) is 8.59. The van der Waals surface area contributed by atoms with Crippen molar-refractivity contribution >= 4 is 17.8 Å². The number of morpholine rings is 1. The Balaban J connectivity index is 0.000000370. The van der Waals surface area contributed by atoms with Gasteiger partial charge in [0.15, 0.2) is 5.76 Å². The van der Waals surface area contributed by atoms with Crippen molar-refractivity contribution < 1.29 is 41.8 Å². The maximum atomic E-state index is 12.3. The van der Waals surface area contributed by atoms with Crippen molar-refractivity contribution in [2.24, 2.45) is 0 Å². The lowest BCUT2D eigenvalue weighted by Gasteiger charge is -2.54. The number of carbonyl (C=O) groups is 3. The van der Waals surface area contributed by atoms with E-state index in [4.69, 9.17) is 19.1 Å². The number of rotatable bonds is 2. The minimum atomic E-state index is -5.08. The average Bonchev–Trinajstić information content (AvgIpc) is 3.04. The standard InChI is InChI=1S/C15H21N3O4.C2HF3O2/c1-10-4-5-21-12(10)14(20)18-8-15(9-18)7-17(3)11(6-22-15)13(19)16-2;3-2(4,5)1(6)7/h4-5,11H,6-9H2,1-3H3,(H,16,19);(H,6,7). The first-order valence-electron chi connectivity index (χ1n) is 8.59. The van der Waals surface area contributed by atoms with E-state index in [0.29, 0.717) is 32.0 Å². The van der Waals surface area contributed by atoms with Crippen LogP contribution in [0.15, 0.2) is 16.7 Å². The van der Waals surface area contributed by atoms with Crippen LogP contribution in [0.1, 0.15) is 16.1 Å². The molecule has 2 saturated heterocycles. The number of carboxylic acids is 1. The summed E-state index contributed by atoms with van der Waals surface area (Å²) in [7, 11) is 3.53. The summed E-state index contributed by atoms with van der Waals surface area (Å²) in [5.41, 5.74) is 0.474. The number of hydrogen-bond donors (Lipinski definition) is 2. The van der Waals surface area contributed by atoms with Gasteiger partial charge in [-0.25, -0.2) is 4.79 Å². The molecule has 2 aliphatic heterocycles. The van der Waals surface area contributed by atoms with Crippen LogP contribution in [0.25, 0.3) is 0 Å². The Morgan fingerprint density at radius 1 is 1.28 bits per heavy atom. The van der Waals surface area contributed by atoms with Crippen molar-refractivity contribution in [3.05, 3.63) is 23.7 Å². The van der Waals surface area contributed by atoms with Crippen LogP contribution in [0.2, 0.25) is 0 Å². The molecule has 1 unspecified atom stereocenters. The van der Waals surface area contributed by atoms with Crippen molar-refractivity contribution in [2.45, 2.75) is 24.7 Å². The van der Waals surface area contributed by atoms with Gasteiger partial charge >= 0.3 is 12.1 Å². The molecule has 0 radical (unpaired) electrons. The van der Waals surface area contributed by atoms with Crippen molar-refractivity contribution in [2.75, 3.05) is 40.3 Å². The topological polar surface area (TPSA) is 112 Å². The lowest BCUT2D eigenvalue weighted by Crippen LogP contribution is -2.73. The predicted molar refractivity (Wildman–Crippen MR) is 92.2 cm³/mol. The maximum absolute atomic E-state index is 12.3. The summed E-state index contributed by atoms with van der Waals surface area (Å²) in [6, 6.07) is 1.51. The highest BCUT2D eigenvalue weighted by Gasteiger charge is 2.51. The summed E-state index contributed by atoms with van der Waals surface area (Å²) in [6.07, 6.45) is -3.56. The van der Waals surface area contributed by atoms with Gasteiger partial charge in [0, 0.05) is 19.2 Å². The molecule has 12 heteroatoms. The molecule has 0 aromatic carbocycles. The second-order valence-corrected chi connectivity index (χ2v) is 6.94. The van der Waals surface area contributed by atoms with Crippen LogP contribution < -0.4 is 5.32 Å². The van der Waals surface area contributed by atoms with E-state index in [1.165, 1.54) is 6.26 Å². The fraction of sp³-hybridized carbons (Fsp3) is 0.588. The Kier molecular flexibility index (Phi) is 6.58. The summed E-state index contributed by atoms with van der Waals surface area (Å²) in [5, 5.41) is 9.77. The van der Waals surface area contributed by atoms with Crippen LogP contribution in [-0.4, -0.2) is 90.8 Å². The largest absolute Gasteiger partial charge is 0.490 e. The number of carbonyl (C=O) groups excluding carboxylic acids is 2. The van der Waals surface area contributed by atoms with Crippen molar-refractivity contribution in [1.29, 1.82) is 0 Å². The van der Waals surface area contributed by atoms with E-state index >= 15 is 0 Å². The molecule has 2 N–H and O–H groups in total. The number of furan rings is 1. The van der Waals surface area contributed by atoms with E-state index in [0.717, 1.165) is 5.56 Å². The molecule has 0 bridgehead atoms. The quantitative estimate of drug-likeness (QED) is 0.715. The zero-order valence-corrected chi connectivity index (χ0v) is 16.1. The molecule has 162 valence electrons. The van der Waals surface area contributed by atoms with Gasteiger partial charge in [-0.2, -0.15) is 13.2 Å². The summed E-state index contributed by atoms with van der Waals surface area (Å²) in [4.78, 5) is 36.7. The van der Waals surface area contributed by atoms with E-state index in [9.17, 15) is 22.8 Å². The van der Waals surface area contributed by atoms with Gasteiger partial charge in [-0.1, -0.05) is 0 Å². The average molecular weight is 421 g/mol. The minimum Gasteiger partial charge on any atom is -0.475 e. The monoisotopic (exact) mass is 421 g/mol. The summed E-state index contributed by atoms with van der Waals surface area (Å²) < 4.78 is 42.9. The number of aliphatic carboxylic acids is 1. The number of amides is 2. The number of nitrogens with one attached hydrogen (secondary N) is 1. The molecule has 2 fully saturated rings. The molecule has 1 aromatic heterocycles. The lowest BCUT2D eigenvalue weighted by molar-refractivity contribution is -0.192. The van der Waals surface area contributed by atoms with E-state index < -0.39 is 12.1 Å². The number of ether oxygens (including phenoxy) is 1. The summed E-state index contributed by atoms with van der Waals surface area (Å²) in [5.74, 6) is -2.52. The highest BCUT2D eigenvalue weighted by atomic mass is 19.4. The highest BCUT2D eigenvalue weighted by Crippen LogP contribution is 2.32. The molecule has 1 atom stereocenters. The van der Waals surface area contributed by atoms with E-state index in [1.807, 2.05) is 18.9 Å². The molecule has 1 aromatic rings.